The average Bonchev–Trinajstić information content (AvgIpc) is 2.20. The molecule has 0 bridgehead atoms. The van der Waals surface area contributed by atoms with Crippen molar-refractivity contribution in [3.63, 3.8) is 0 Å². The van der Waals surface area contributed by atoms with Crippen LogP contribution in [0.15, 0.2) is 24.3 Å². The van der Waals surface area contributed by atoms with Crippen molar-refractivity contribution in [1.82, 2.24) is 0 Å². The molecule has 0 spiro atoms. The van der Waals surface area contributed by atoms with Gasteiger partial charge in [0.2, 0.25) is 0 Å². The van der Waals surface area contributed by atoms with E-state index in [1.165, 1.54) is 38.0 Å². The van der Waals surface area contributed by atoms with Crippen LogP contribution < -0.4 is 10.6 Å². The van der Waals surface area contributed by atoms with Crippen molar-refractivity contribution < 1.29 is 5.73 Å². The number of piperidine rings is 1. The second kappa shape index (κ2) is 3.79. The highest BCUT2D eigenvalue weighted by Crippen LogP contribution is 2.19. The fourth-order valence-electron chi connectivity index (χ4n) is 1.86. The van der Waals surface area contributed by atoms with Crippen molar-refractivity contribution in [1.29, 1.82) is 0 Å². The molecule has 0 amide bonds. The van der Waals surface area contributed by atoms with Gasteiger partial charge in [0.15, 0.2) is 0 Å². The lowest BCUT2D eigenvalue weighted by Gasteiger charge is -2.28. The molecule has 0 saturated carbocycles. The summed E-state index contributed by atoms with van der Waals surface area (Å²) < 4.78 is 0. The first kappa shape index (κ1) is 8.57. The predicted octanol–water partition coefficient (Wildman–Crippen LogP) is 1.55. The van der Waals surface area contributed by atoms with Crippen molar-refractivity contribution in [2.45, 2.75) is 19.3 Å². The van der Waals surface area contributed by atoms with Gasteiger partial charge in [-0.15, -0.1) is 0 Å². The van der Waals surface area contributed by atoms with Gasteiger partial charge in [0, 0.05) is 30.9 Å². The Morgan fingerprint density at radius 2 is 1.54 bits per heavy atom. The molecule has 2 heteroatoms. The van der Waals surface area contributed by atoms with Gasteiger partial charge in [-0.05, 0) is 31.4 Å². The molecule has 1 saturated heterocycles. The predicted molar refractivity (Wildman–Crippen MR) is 55.1 cm³/mol. The molecule has 1 aliphatic rings. The normalized spacial score (nSPS) is 17.5. The molecule has 0 atom stereocenters. The average molecular weight is 177 g/mol. The van der Waals surface area contributed by atoms with E-state index in [0.29, 0.717) is 0 Å². The van der Waals surface area contributed by atoms with Crippen molar-refractivity contribution in [3.8, 4) is 0 Å². The fraction of sp³-hybridized carbons (Fsp3) is 0.455. The molecular weight excluding hydrogens is 160 g/mol. The van der Waals surface area contributed by atoms with Crippen molar-refractivity contribution >= 4 is 11.4 Å². The van der Waals surface area contributed by atoms with Crippen molar-refractivity contribution in [2.24, 2.45) is 0 Å². The molecule has 3 N–H and O–H groups in total. The first-order valence-electron chi connectivity index (χ1n) is 5.03. The van der Waals surface area contributed by atoms with Gasteiger partial charge >= 0.3 is 0 Å². The van der Waals surface area contributed by atoms with Gasteiger partial charge in [0.05, 0.1) is 0 Å². The maximum atomic E-state index is 3.89. The maximum Gasteiger partial charge on any atom is 0.128 e. The molecule has 2 rings (SSSR count). The smallest absolute Gasteiger partial charge is 0.128 e. The Morgan fingerprint density at radius 1 is 0.923 bits per heavy atom. The topological polar surface area (TPSA) is 30.9 Å². The summed E-state index contributed by atoms with van der Waals surface area (Å²) in [6.07, 6.45) is 4.07. The van der Waals surface area contributed by atoms with E-state index < -0.39 is 0 Å². The highest BCUT2D eigenvalue weighted by molar-refractivity contribution is 5.50. The third-order valence-corrected chi connectivity index (χ3v) is 2.66. The number of benzene rings is 1. The van der Waals surface area contributed by atoms with Gasteiger partial charge in [-0.3, -0.25) is 0 Å². The van der Waals surface area contributed by atoms with Gasteiger partial charge in [-0.25, -0.2) is 0 Å². The van der Waals surface area contributed by atoms with E-state index in [9.17, 15) is 0 Å². The first-order chi connectivity index (χ1) is 6.36. The minimum Gasteiger partial charge on any atom is -0.372 e. The monoisotopic (exact) mass is 177 g/mol. The van der Waals surface area contributed by atoms with E-state index in [0.717, 1.165) is 5.69 Å². The summed E-state index contributed by atoms with van der Waals surface area (Å²) in [5.74, 6) is 0. The summed E-state index contributed by atoms with van der Waals surface area (Å²) in [4.78, 5) is 2.46. The Kier molecular flexibility index (Phi) is 2.50. The molecule has 1 aromatic carbocycles. The molecule has 1 aromatic rings. The summed E-state index contributed by atoms with van der Waals surface area (Å²) in [6, 6.07) is 8.52. The molecule has 0 aliphatic carbocycles. The van der Waals surface area contributed by atoms with Crippen LogP contribution in [0, 0.1) is 0 Å². The van der Waals surface area contributed by atoms with E-state index in [1.807, 2.05) is 0 Å². The summed E-state index contributed by atoms with van der Waals surface area (Å²) in [6.45, 7) is 2.44. The third kappa shape index (κ3) is 2.01. The molecule has 13 heavy (non-hydrogen) atoms. The Bertz CT molecular complexity index is 260. The van der Waals surface area contributed by atoms with Gasteiger partial charge in [0.25, 0.3) is 0 Å². The lowest BCUT2D eigenvalue weighted by Crippen LogP contribution is -2.40. The number of nitrogens with zero attached hydrogens (tertiary/aromatic N) is 1. The third-order valence-electron chi connectivity index (χ3n) is 2.66. The van der Waals surface area contributed by atoms with Crippen LogP contribution in [-0.2, 0) is 0 Å². The van der Waals surface area contributed by atoms with Crippen LogP contribution in [0.4, 0.5) is 11.4 Å². The number of rotatable bonds is 1. The van der Waals surface area contributed by atoms with Crippen LogP contribution in [0.5, 0.6) is 0 Å². The highest BCUT2D eigenvalue weighted by atomic mass is 15.1. The zero-order valence-electron chi connectivity index (χ0n) is 8.00. The molecule has 0 unspecified atom stereocenters. The van der Waals surface area contributed by atoms with Gasteiger partial charge in [-0.2, -0.15) is 0 Å². The number of hydrogen-bond donors (Lipinski definition) is 1. The molecule has 0 aromatic heterocycles. The Hall–Kier alpha value is -1.02. The molecule has 1 heterocycles. The van der Waals surface area contributed by atoms with Crippen LogP contribution >= 0.6 is 0 Å². The summed E-state index contributed by atoms with van der Waals surface area (Å²) >= 11 is 0. The lowest BCUT2D eigenvalue weighted by molar-refractivity contribution is -0.254. The molecule has 2 nitrogen and oxygen atoms in total. The minimum absolute atomic E-state index is 1.10. The first-order valence-corrected chi connectivity index (χ1v) is 5.03. The van der Waals surface area contributed by atoms with Crippen LogP contribution in [0.3, 0.4) is 0 Å². The van der Waals surface area contributed by atoms with Crippen LogP contribution in [-0.4, -0.2) is 13.1 Å². The summed E-state index contributed by atoms with van der Waals surface area (Å²) in [7, 11) is 0. The van der Waals surface area contributed by atoms with Gasteiger partial charge in [-0.1, -0.05) is 0 Å². The SMILES string of the molecule is [NH3+]c1ccc(N2CCCCC2)cc1. The standard InChI is InChI=1S/C11H16N2/c12-10-4-6-11(7-5-10)13-8-2-1-3-9-13/h4-7H,1-3,8-9,12H2/p+1. The lowest BCUT2D eigenvalue weighted by atomic mass is 10.1. The second-order valence-electron chi connectivity index (χ2n) is 3.71. The quantitative estimate of drug-likeness (QED) is 0.693. The van der Waals surface area contributed by atoms with E-state index in [4.69, 9.17) is 0 Å². The number of hydrogen-bond acceptors (Lipinski definition) is 1. The van der Waals surface area contributed by atoms with Crippen LogP contribution in [0.2, 0.25) is 0 Å². The Labute approximate surface area is 79.4 Å². The van der Waals surface area contributed by atoms with Gasteiger partial charge < -0.3 is 10.6 Å². The summed E-state index contributed by atoms with van der Waals surface area (Å²) in [5.41, 5.74) is 6.34. The maximum absolute atomic E-state index is 3.89. The number of anilines is 1. The minimum atomic E-state index is 1.10. The molecule has 1 aliphatic heterocycles. The zero-order valence-corrected chi connectivity index (χ0v) is 8.00. The van der Waals surface area contributed by atoms with Gasteiger partial charge in [0.1, 0.15) is 5.69 Å². The largest absolute Gasteiger partial charge is 0.372 e. The van der Waals surface area contributed by atoms with E-state index in [-0.39, 0.29) is 0 Å². The number of quaternary nitrogens is 1. The zero-order chi connectivity index (χ0) is 9.10. The van der Waals surface area contributed by atoms with Crippen molar-refractivity contribution in [3.05, 3.63) is 24.3 Å². The van der Waals surface area contributed by atoms with E-state index in [1.54, 1.807) is 0 Å². The fourth-order valence-corrected chi connectivity index (χ4v) is 1.86. The molecule has 0 radical (unpaired) electrons. The Balaban J connectivity index is 2.10. The van der Waals surface area contributed by atoms with E-state index in [2.05, 4.69) is 34.9 Å². The second-order valence-corrected chi connectivity index (χ2v) is 3.71. The van der Waals surface area contributed by atoms with Crippen LogP contribution in [0.25, 0.3) is 0 Å². The van der Waals surface area contributed by atoms with Crippen molar-refractivity contribution in [2.75, 3.05) is 18.0 Å². The van der Waals surface area contributed by atoms with E-state index >= 15 is 0 Å². The highest BCUT2D eigenvalue weighted by Gasteiger charge is 2.10. The van der Waals surface area contributed by atoms with Crippen LogP contribution in [0.1, 0.15) is 19.3 Å². The Morgan fingerprint density at radius 3 is 2.15 bits per heavy atom. The summed E-state index contributed by atoms with van der Waals surface area (Å²) in [5, 5.41) is 0. The molecular formula is C11H17N2+. The molecule has 1 fully saturated rings. The molecule has 70 valence electrons.